The Balaban J connectivity index is 2.78. The molecule has 0 spiro atoms. The predicted octanol–water partition coefficient (Wildman–Crippen LogP) is -0.0356. The second-order valence-electron chi connectivity index (χ2n) is 4.51. The summed E-state index contributed by atoms with van der Waals surface area (Å²) in [5, 5.41) is 5.49. The minimum atomic E-state index is -0.600. The highest BCUT2D eigenvalue weighted by Gasteiger charge is 2.26. The second-order valence-corrected chi connectivity index (χ2v) is 4.51. The number of hydrogen-bond acceptors (Lipinski definition) is 4. The first kappa shape index (κ1) is 13.2. The van der Waals surface area contributed by atoms with E-state index >= 15 is 0 Å². The van der Waals surface area contributed by atoms with Crippen LogP contribution in [0.2, 0.25) is 0 Å². The van der Waals surface area contributed by atoms with Crippen molar-refractivity contribution in [2.45, 2.75) is 13.8 Å². The summed E-state index contributed by atoms with van der Waals surface area (Å²) in [5.41, 5.74) is -0.808. The molecule has 0 unspecified atom stereocenters. The Labute approximate surface area is 100 Å². The van der Waals surface area contributed by atoms with Gasteiger partial charge in [0.25, 0.3) is 5.56 Å². The molecule has 0 saturated carbocycles. The summed E-state index contributed by atoms with van der Waals surface area (Å²) >= 11 is 0. The Morgan fingerprint density at radius 3 is 2.76 bits per heavy atom. The van der Waals surface area contributed by atoms with Crippen LogP contribution in [0.25, 0.3) is 0 Å². The number of carbonyl (C=O) groups excluding carboxylic acids is 1. The topological polar surface area (TPSA) is 76.0 Å². The lowest BCUT2D eigenvalue weighted by atomic mass is 9.92. The molecule has 1 aromatic rings. The molecule has 0 radical (unpaired) electrons. The maximum absolute atomic E-state index is 11.7. The zero-order valence-electron chi connectivity index (χ0n) is 10.6. The lowest BCUT2D eigenvalue weighted by Gasteiger charge is -2.22. The van der Waals surface area contributed by atoms with Crippen molar-refractivity contribution in [3.05, 3.63) is 22.7 Å². The maximum atomic E-state index is 11.7. The van der Waals surface area contributed by atoms with Crippen molar-refractivity contribution in [1.82, 2.24) is 14.9 Å². The Hall–Kier alpha value is -1.85. The largest absolute Gasteiger partial charge is 0.364 e. The van der Waals surface area contributed by atoms with Crippen LogP contribution in [0.15, 0.2) is 17.2 Å². The number of hydrogen-bond donors (Lipinski definition) is 2. The minimum absolute atomic E-state index is 0.0854. The molecule has 2 N–H and O–H groups in total. The van der Waals surface area contributed by atoms with Crippen molar-refractivity contribution in [3.8, 4) is 0 Å². The molecule has 17 heavy (non-hydrogen) atoms. The van der Waals surface area contributed by atoms with Gasteiger partial charge in [0, 0.05) is 33.0 Å². The van der Waals surface area contributed by atoms with Crippen LogP contribution in [0.4, 0.5) is 5.82 Å². The zero-order chi connectivity index (χ0) is 13.1. The third-order valence-electron chi connectivity index (χ3n) is 2.56. The molecule has 0 atom stereocenters. The van der Waals surface area contributed by atoms with E-state index in [0.717, 1.165) is 0 Å². The van der Waals surface area contributed by atoms with Gasteiger partial charge in [-0.1, -0.05) is 0 Å². The summed E-state index contributed by atoms with van der Waals surface area (Å²) in [6, 6.07) is 0. The van der Waals surface area contributed by atoms with Gasteiger partial charge in [0.05, 0.1) is 5.41 Å². The van der Waals surface area contributed by atoms with E-state index in [1.54, 1.807) is 34.1 Å². The zero-order valence-corrected chi connectivity index (χ0v) is 10.6. The van der Waals surface area contributed by atoms with Crippen LogP contribution in [-0.4, -0.2) is 29.1 Å². The molecule has 1 rings (SSSR count). The van der Waals surface area contributed by atoms with E-state index in [4.69, 9.17) is 0 Å². The van der Waals surface area contributed by atoms with Crippen LogP contribution in [0, 0.1) is 5.41 Å². The second kappa shape index (κ2) is 4.99. The van der Waals surface area contributed by atoms with Gasteiger partial charge in [-0.25, -0.2) is 4.98 Å². The highest BCUT2D eigenvalue weighted by atomic mass is 16.2. The average Bonchev–Trinajstić information content (AvgIpc) is 2.30. The van der Waals surface area contributed by atoms with E-state index in [1.807, 2.05) is 0 Å². The van der Waals surface area contributed by atoms with E-state index in [0.29, 0.717) is 6.54 Å². The molecule has 0 aromatic carbocycles. The molecule has 6 heteroatoms. The quantitative estimate of drug-likeness (QED) is 0.772. The Morgan fingerprint density at radius 2 is 2.18 bits per heavy atom. The number of nitrogens with zero attached hydrogens (tertiary/aromatic N) is 2. The van der Waals surface area contributed by atoms with Gasteiger partial charge in [0.15, 0.2) is 5.82 Å². The van der Waals surface area contributed by atoms with Gasteiger partial charge in [-0.3, -0.25) is 9.59 Å². The Bertz CT molecular complexity index is 465. The molecule has 94 valence electrons. The van der Waals surface area contributed by atoms with Crippen molar-refractivity contribution in [2.75, 3.05) is 18.9 Å². The Morgan fingerprint density at radius 1 is 1.53 bits per heavy atom. The number of amides is 1. The normalized spacial score (nSPS) is 11.1. The van der Waals surface area contributed by atoms with Crippen LogP contribution >= 0.6 is 0 Å². The number of aryl methyl sites for hydroxylation is 1. The molecule has 0 aliphatic heterocycles. The third kappa shape index (κ3) is 3.05. The van der Waals surface area contributed by atoms with Gasteiger partial charge in [0.2, 0.25) is 5.91 Å². The van der Waals surface area contributed by atoms with Gasteiger partial charge < -0.3 is 15.2 Å². The first-order valence-corrected chi connectivity index (χ1v) is 5.36. The lowest BCUT2D eigenvalue weighted by Crippen LogP contribution is -2.40. The van der Waals surface area contributed by atoms with Gasteiger partial charge in [-0.2, -0.15) is 0 Å². The molecule has 0 aliphatic carbocycles. The van der Waals surface area contributed by atoms with Gasteiger partial charge in [0.1, 0.15) is 0 Å². The van der Waals surface area contributed by atoms with Crippen molar-refractivity contribution in [2.24, 2.45) is 12.5 Å². The number of aromatic nitrogens is 2. The molecular weight excluding hydrogens is 220 g/mol. The molecule has 1 aromatic heterocycles. The molecule has 1 amide bonds. The molecule has 0 bridgehead atoms. The maximum Gasteiger partial charge on any atom is 0.293 e. The number of nitrogens with one attached hydrogen (secondary N) is 2. The van der Waals surface area contributed by atoms with Crippen molar-refractivity contribution >= 4 is 11.7 Å². The first-order valence-electron chi connectivity index (χ1n) is 5.36. The standard InChI is InChI=1S/C11H18N4O2/c1-11(2,10(17)12-3)7-14-8-9(16)15(4)6-5-13-8/h5-6H,7H2,1-4H3,(H,12,17)(H,13,14). The average molecular weight is 238 g/mol. The Kier molecular flexibility index (Phi) is 3.88. The molecule has 0 saturated heterocycles. The summed E-state index contributed by atoms with van der Waals surface area (Å²) in [4.78, 5) is 27.2. The van der Waals surface area contributed by atoms with Crippen LogP contribution < -0.4 is 16.2 Å². The first-order chi connectivity index (χ1) is 7.88. The molecule has 1 heterocycles. The summed E-state index contributed by atoms with van der Waals surface area (Å²) < 4.78 is 1.43. The highest BCUT2D eigenvalue weighted by molar-refractivity contribution is 5.82. The van der Waals surface area contributed by atoms with Gasteiger partial charge >= 0.3 is 0 Å². The van der Waals surface area contributed by atoms with Crippen LogP contribution in [0.5, 0.6) is 0 Å². The summed E-state index contributed by atoms with van der Waals surface area (Å²) in [6.07, 6.45) is 3.12. The van der Waals surface area contributed by atoms with E-state index < -0.39 is 5.41 Å². The van der Waals surface area contributed by atoms with E-state index in [2.05, 4.69) is 15.6 Å². The molecule has 0 aliphatic rings. The summed E-state index contributed by atoms with van der Waals surface area (Å²) in [6.45, 7) is 3.94. The summed E-state index contributed by atoms with van der Waals surface area (Å²) in [7, 11) is 3.24. The molecule has 6 nitrogen and oxygen atoms in total. The van der Waals surface area contributed by atoms with E-state index in [1.165, 1.54) is 10.8 Å². The SMILES string of the molecule is CNC(=O)C(C)(C)CNc1nccn(C)c1=O. The van der Waals surface area contributed by atoms with Gasteiger partial charge in [-0.15, -0.1) is 0 Å². The third-order valence-corrected chi connectivity index (χ3v) is 2.56. The van der Waals surface area contributed by atoms with Crippen molar-refractivity contribution in [1.29, 1.82) is 0 Å². The molecule has 0 fully saturated rings. The van der Waals surface area contributed by atoms with E-state index in [-0.39, 0.29) is 17.3 Å². The van der Waals surface area contributed by atoms with Crippen LogP contribution in [0.1, 0.15) is 13.8 Å². The predicted molar refractivity (Wildman–Crippen MR) is 65.8 cm³/mol. The van der Waals surface area contributed by atoms with Crippen LogP contribution in [0.3, 0.4) is 0 Å². The number of carbonyl (C=O) groups is 1. The number of rotatable bonds is 4. The van der Waals surface area contributed by atoms with E-state index in [9.17, 15) is 9.59 Å². The fourth-order valence-corrected chi connectivity index (χ4v) is 1.34. The van der Waals surface area contributed by atoms with Gasteiger partial charge in [-0.05, 0) is 13.8 Å². The lowest BCUT2D eigenvalue weighted by molar-refractivity contribution is -0.128. The fourth-order valence-electron chi connectivity index (χ4n) is 1.34. The number of anilines is 1. The van der Waals surface area contributed by atoms with Crippen molar-refractivity contribution < 1.29 is 4.79 Å². The van der Waals surface area contributed by atoms with Crippen LogP contribution in [-0.2, 0) is 11.8 Å². The fraction of sp³-hybridized carbons (Fsp3) is 0.545. The van der Waals surface area contributed by atoms with Crippen molar-refractivity contribution in [3.63, 3.8) is 0 Å². The monoisotopic (exact) mass is 238 g/mol. The molecular formula is C11H18N4O2. The highest BCUT2D eigenvalue weighted by Crippen LogP contribution is 2.14. The minimum Gasteiger partial charge on any atom is -0.364 e. The smallest absolute Gasteiger partial charge is 0.293 e. The summed E-state index contributed by atoms with van der Waals surface area (Å²) in [5.74, 6) is 0.171.